The average molecular weight is 248 g/mol. The van der Waals surface area contributed by atoms with Gasteiger partial charge in [0.15, 0.2) is 0 Å². The van der Waals surface area contributed by atoms with Crippen molar-refractivity contribution < 1.29 is 4.74 Å². The summed E-state index contributed by atoms with van der Waals surface area (Å²) in [4.78, 5) is 2.39. The minimum absolute atomic E-state index is 0.705. The van der Waals surface area contributed by atoms with E-state index in [1.807, 2.05) is 12.1 Å². The molecule has 3 heteroatoms. The predicted octanol–water partition coefficient (Wildman–Crippen LogP) is 2.17. The van der Waals surface area contributed by atoms with E-state index in [-0.39, 0.29) is 0 Å². The lowest BCUT2D eigenvalue weighted by molar-refractivity contribution is 0.0422. The van der Waals surface area contributed by atoms with Gasteiger partial charge in [0.1, 0.15) is 0 Å². The molecular formula is C15H24N2O. The van der Waals surface area contributed by atoms with E-state index in [0.29, 0.717) is 5.92 Å². The number of para-hydroxylation sites is 1. The number of ether oxygens (including phenoxy) is 1. The molecule has 2 N–H and O–H groups in total. The van der Waals surface area contributed by atoms with E-state index in [1.54, 1.807) is 0 Å². The molecule has 1 aliphatic heterocycles. The van der Waals surface area contributed by atoms with Gasteiger partial charge in [-0.3, -0.25) is 0 Å². The molecule has 0 aliphatic carbocycles. The van der Waals surface area contributed by atoms with Crippen molar-refractivity contribution in [3.63, 3.8) is 0 Å². The Morgan fingerprint density at radius 2 is 2.22 bits per heavy atom. The van der Waals surface area contributed by atoms with Crippen molar-refractivity contribution in [3.05, 3.63) is 29.8 Å². The number of benzene rings is 1. The zero-order valence-electron chi connectivity index (χ0n) is 11.3. The molecular weight excluding hydrogens is 224 g/mol. The topological polar surface area (TPSA) is 38.5 Å². The summed E-state index contributed by atoms with van der Waals surface area (Å²) in [6.07, 6.45) is 3.54. The average Bonchev–Trinajstić information content (AvgIpc) is 2.39. The number of rotatable bonds is 5. The molecule has 1 saturated heterocycles. The zero-order chi connectivity index (χ0) is 12.8. The Morgan fingerprint density at radius 3 is 2.94 bits per heavy atom. The summed E-state index contributed by atoms with van der Waals surface area (Å²) in [7, 11) is 2.19. The number of nitrogens with zero attached hydrogens (tertiary/aromatic N) is 1. The molecule has 0 spiro atoms. The van der Waals surface area contributed by atoms with E-state index in [4.69, 9.17) is 10.5 Å². The maximum absolute atomic E-state index is 5.95. The summed E-state index contributed by atoms with van der Waals surface area (Å²) in [5, 5.41) is 0. The van der Waals surface area contributed by atoms with E-state index >= 15 is 0 Å². The number of anilines is 1. The summed E-state index contributed by atoms with van der Waals surface area (Å²) in [5.74, 6) is 0.705. The minimum atomic E-state index is 0.705. The third-order valence-electron chi connectivity index (χ3n) is 3.64. The van der Waals surface area contributed by atoms with E-state index in [2.05, 4.69) is 24.1 Å². The summed E-state index contributed by atoms with van der Waals surface area (Å²) in [5.41, 5.74) is 8.12. The van der Waals surface area contributed by atoms with E-state index < -0.39 is 0 Å². The van der Waals surface area contributed by atoms with Crippen LogP contribution >= 0.6 is 0 Å². The van der Waals surface area contributed by atoms with Gasteiger partial charge in [-0.25, -0.2) is 0 Å². The maximum atomic E-state index is 5.95. The molecule has 1 heterocycles. The Morgan fingerprint density at radius 1 is 1.39 bits per heavy atom. The smallest absolute Gasteiger partial charge is 0.0506 e. The van der Waals surface area contributed by atoms with E-state index in [1.165, 1.54) is 18.4 Å². The lowest BCUT2D eigenvalue weighted by Gasteiger charge is -2.27. The van der Waals surface area contributed by atoms with Gasteiger partial charge in [-0.2, -0.15) is 0 Å². The number of nitrogens with two attached hydrogens (primary N) is 1. The van der Waals surface area contributed by atoms with Crippen LogP contribution in [0.15, 0.2) is 24.3 Å². The van der Waals surface area contributed by atoms with Gasteiger partial charge in [-0.05, 0) is 43.9 Å². The van der Waals surface area contributed by atoms with Gasteiger partial charge in [0.2, 0.25) is 0 Å². The molecule has 0 radical (unpaired) electrons. The fourth-order valence-corrected chi connectivity index (χ4v) is 2.56. The highest BCUT2D eigenvalue weighted by atomic mass is 16.5. The molecule has 0 bridgehead atoms. The maximum Gasteiger partial charge on any atom is 0.0506 e. The van der Waals surface area contributed by atoms with Crippen molar-refractivity contribution in [2.75, 3.05) is 39.1 Å². The zero-order valence-corrected chi connectivity index (χ0v) is 11.3. The van der Waals surface area contributed by atoms with Gasteiger partial charge in [0, 0.05) is 25.4 Å². The Labute approximate surface area is 110 Å². The normalized spacial score (nSPS) is 20.2. The first-order valence-electron chi connectivity index (χ1n) is 6.85. The largest absolute Gasteiger partial charge is 0.399 e. The van der Waals surface area contributed by atoms with Crippen LogP contribution in [0.3, 0.4) is 0 Å². The third-order valence-corrected chi connectivity index (χ3v) is 3.64. The lowest BCUT2D eigenvalue weighted by Crippen LogP contribution is -2.32. The number of likely N-dealkylation sites (N-methyl/N-ethyl adjacent to an activating group) is 1. The molecule has 1 atom stereocenters. The van der Waals surface area contributed by atoms with Gasteiger partial charge >= 0.3 is 0 Å². The molecule has 1 fully saturated rings. The molecule has 18 heavy (non-hydrogen) atoms. The second-order valence-corrected chi connectivity index (χ2v) is 5.29. The Balaban J connectivity index is 1.74. The van der Waals surface area contributed by atoms with Gasteiger partial charge in [0.05, 0.1) is 6.61 Å². The Bertz CT molecular complexity index is 361. The van der Waals surface area contributed by atoms with Gasteiger partial charge in [-0.1, -0.05) is 18.2 Å². The van der Waals surface area contributed by atoms with Crippen LogP contribution < -0.4 is 5.73 Å². The highest BCUT2D eigenvalue weighted by Crippen LogP contribution is 2.15. The minimum Gasteiger partial charge on any atom is -0.399 e. The fourth-order valence-electron chi connectivity index (χ4n) is 2.56. The van der Waals surface area contributed by atoms with Crippen LogP contribution in [-0.2, 0) is 11.2 Å². The number of nitrogen functional groups attached to an aromatic ring is 1. The molecule has 100 valence electrons. The first kappa shape index (κ1) is 13.4. The molecule has 1 aromatic carbocycles. The molecule has 2 rings (SSSR count). The predicted molar refractivity (Wildman–Crippen MR) is 75.6 cm³/mol. The van der Waals surface area contributed by atoms with Crippen molar-refractivity contribution >= 4 is 5.69 Å². The molecule has 1 aromatic rings. The van der Waals surface area contributed by atoms with Gasteiger partial charge < -0.3 is 15.4 Å². The Hall–Kier alpha value is -1.06. The van der Waals surface area contributed by atoms with E-state index in [0.717, 1.165) is 38.4 Å². The quantitative estimate of drug-likeness (QED) is 0.812. The standard InChI is InChI=1S/C15H24N2O/c1-17(11-13-5-4-10-18-12-13)9-8-14-6-2-3-7-15(14)16/h2-3,6-7,13H,4-5,8-12,16H2,1H3. The number of hydrogen-bond donors (Lipinski definition) is 1. The van der Waals surface area contributed by atoms with Crippen LogP contribution in [0.4, 0.5) is 5.69 Å². The second kappa shape index (κ2) is 6.76. The first-order chi connectivity index (χ1) is 8.75. The van der Waals surface area contributed by atoms with Crippen molar-refractivity contribution in [3.8, 4) is 0 Å². The van der Waals surface area contributed by atoms with Gasteiger partial charge in [0.25, 0.3) is 0 Å². The van der Waals surface area contributed by atoms with Crippen molar-refractivity contribution in [2.24, 2.45) is 5.92 Å². The molecule has 0 saturated carbocycles. The van der Waals surface area contributed by atoms with Crippen molar-refractivity contribution in [1.29, 1.82) is 0 Å². The Kier molecular flexibility index (Phi) is 5.02. The highest BCUT2D eigenvalue weighted by Gasteiger charge is 2.15. The van der Waals surface area contributed by atoms with Crippen LogP contribution in [0.1, 0.15) is 18.4 Å². The summed E-state index contributed by atoms with van der Waals surface area (Å²) in [6, 6.07) is 8.14. The summed E-state index contributed by atoms with van der Waals surface area (Å²) >= 11 is 0. The first-order valence-corrected chi connectivity index (χ1v) is 6.85. The number of hydrogen-bond acceptors (Lipinski definition) is 3. The lowest BCUT2D eigenvalue weighted by atomic mass is 10.0. The summed E-state index contributed by atoms with van der Waals surface area (Å²) < 4.78 is 5.52. The highest BCUT2D eigenvalue weighted by molar-refractivity contribution is 5.46. The molecule has 1 unspecified atom stereocenters. The van der Waals surface area contributed by atoms with Crippen LogP contribution in [0.5, 0.6) is 0 Å². The fraction of sp³-hybridized carbons (Fsp3) is 0.600. The molecule has 0 aromatic heterocycles. The molecule has 3 nitrogen and oxygen atoms in total. The van der Waals surface area contributed by atoms with Crippen LogP contribution in [-0.4, -0.2) is 38.3 Å². The second-order valence-electron chi connectivity index (χ2n) is 5.29. The van der Waals surface area contributed by atoms with Crippen molar-refractivity contribution in [1.82, 2.24) is 4.90 Å². The molecule has 1 aliphatic rings. The summed E-state index contributed by atoms with van der Waals surface area (Å²) in [6.45, 7) is 4.07. The van der Waals surface area contributed by atoms with Crippen LogP contribution in [0.2, 0.25) is 0 Å². The molecule has 0 amide bonds. The monoisotopic (exact) mass is 248 g/mol. The van der Waals surface area contributed by atoms with Crippen LogP contribution in [0, 0.1) is 5.92 Å². The van der Waals surface area contributed by atoms with Gasteiger partial charge in [-0.15, -0.1) is 0 Å². The SMILES string of the molecule is CN(CCc1ccccc1N)CC1CCCOC1. The third kappa shape index (κ3) is 4.00. The van der Waals surface area contributed by atoms with E-state index in [9.17, 15) is 0 Å². The van der Waals surface area contributed by atoms with Crippen LogP contribution in [0.25, 0.3) is 0 Å². The van der Waals surface area contributed by atoms with Crippen molar-refractivity contribution in [2.45, 2.75) is 19.3 Å².